The van der Waals surface area contributed by atoms with Crippen LogP contribution in [0.4, 0.5) is 0 Å². The molecule has 2 aromatic carbocycles. The summed E-state index contributed by atoms with van der Waals surface area (Å²) in [6.45, 7) is 1.57. The summed E-state index contributed by atoms with van der Waals surface area (Å²) in [4.78, 5) is 12.3. The molecule has 0 spiro atoms. The van der Waals surface area contributed by atoms with E-state index in [2.05, 4.69) is 21.2 Å². The first-order valence-electron chi connectivity index (χ1n) is 7.47. The van der Waals surface area contributed by atoms with Gasteiger partial charge in [0.25, 0.3) is 0 Å². The Morgan fingerprint density at radius 2 is 1.72 bits per heavy atom. The zero-order valence-corrected chi connectivity index (χ0v) is 16.9. The normalized spacial score (nSPS) is 12.8. The molecule has 0 fully saturated rings. The molecular weight excluding hydrogens is 428 g/mol. The molecule has 2 aromatic rings. The lowest BCUT2D eigenvalue weighted by Crippen LogP contribution is -2.39. The molecule has 5 nitrogen and oxygen atoms in total. The Morgan fingerprint density at radius 3 is 2.28 bits per heavy atom. The Hall–Kier alpha value is -1.41. The Bertz CT molecular complexity index is 839. The van der Waals surface area contributed by atoms with Crippen LogP contribution in [-0.4, -0.2) is 32.2 Å². The molecule has 0 aliphatic rings. The molecule has 0 aromatic heterocycles. The van der Waals surface area contributed by atoms with Crippen molar-refractivity contribution in [1.29, 1.82) is 0 Å². The number of halogens is 2. The minimum Gasteiger partial charge on any atom is -0.348 e. The molecule has 1 amide bonds. The summed E-state index contributed by atoms with van der Waals surface area (Å²) in [5.74, 6) is -0.379. The highest BCUT2D eigenvalue weighted by atomic mass is 79.9. The minimum atomic E-state index is -3.75. The first-order valence-corrected chi connectivity index (χ1v) is 10.1. The van der Waals surface area contributed by atoms with Crippen LogP contribution >= 0.6 is 27.5 Å². The summed E-state index contributed by atoms with van der Waals surface area (Å²) in [5.41, 5.74) is 0.930. The lowest BCUT2D eigenvalue weighted by molar-refractivity contribution is -0.121. The number of nitrogens with zero attached hydrogens (tertiary/aromatic N) is 1. The van der Waals surface area contributed by atoms with E-state index < -0.39 is 10.0 Å². The van der Waals surface area contributed by atoms with Gasteiger partial charge in [-0.25, -0.2) is 8.42 Å². The van der Waals surface area contributed by atoms with Gasteiger partial charge in [-0.05, 0) is 48.9 Å². The smallest absolute Gasteiger partial charge is 0.243 e. The molecule has 1 N–H and O–H groups in total. The average Bonchev–Trinajstić information content (AvgIpc) is 2.55. The van der Waals surface area contributed by atoms with Gasteiger partial charge in [0.2, 0.25) is 15.9 Å². The molecule has 0 aliphatic carbocycles. The van der Waals surface area contributed by atoms with E-state index >= 15 is 0 Å². The predicted octanol–water partition coefficient (Wildman–Crippen LogP) is 3.60. The van der Waals surface area contributed by atoms with E-state index in [1.165, 1.54) is 31.3 Å². The number of sulfonamides is 1. The standard InChI is InChI=1S/C17H18BrClN2O3S/c1-12(13-3-5-14(18)6-4-13)20-17(22)11-21(2)25(23,24)16-9-7-15(19)8-10-16/h3-10,12H,11H2,1-2H3,(H,20,22). The molecular formula is C17H18BrClN2O3S. The SMILES string of the molecule is CC(NC(=O)CN(C)S(=O)(=O)c1ccc(Cl)cc1)c1ccc(Br)cc1. The second-order valence-corrected chi connectivity index (χ2v) is 8.95. The van der Waals surface area contributed by atoms with Crippen molar-refractivity contribution in [3.8, 4) is 0 Å². The summed E-state index contributed by atoms with van der Waals surface area (Å²) in [6, 6.07) is 13.1. The van der Waals surface area contributed by atoms with Gasteiger partial charge in [-0.2, -0.15) is 4.31 Å². The van der Waals surface area contributed by atoms with Crippen LogP contribution in [0.1, 0.15) is 18.5 Å². The highest BCUT2D eigenvalue weighted by Gasteiger charge is 2.23. The fourth-order valence-corrected chi connectivity index (χ4v) is 3.71. The molecule has 0 saturated carbocycles. The summed E-state index contributed by atoms with van der Waals surface area (Å²) in [7, 11) is -2.38. The number of amides is 1. The van der Waals surface area contributed by atoms with Gasteiger partial charge in [-0.3, -0.25) is 4.79 Å². The molecule has 2 rings (SSSR count). The van der Waals surface area contributed by atoms with Gasteiger partial charge < -0.3 is 5.32 Å². The van der Waals surface area contributed by atoms with E-state index in [-0.39, 0.29) is 23.4 Å². The summed E-state index contributed by atoms with van der Waals surface area (Å²) < 4.78 is 26.9. The Labute approximate surface area is 161 Å². The molecule has 1 atom stereocenters. The third-order valence-electron chi connectivity index (χ3n) is 3.64. The molecule has 0 saturated heterocycles. The highest BCUT2D eigenvalue weighted by molar-refractivity contribution is 9.10. The van der Waals surface area contributed by atoms with Gasteiger partial charge in [0.05, 0.1) is 17.5 Å². The van der Waals surface area contributed by atoms with Crippen molar-refractivity contribution in [3.05, 3.63) is 63.6 Å². The lowest BCUT2D eigenvalue weighted by atomic mass is 10.1. The van der Waals surface area contributed by atoms with Crippen molar-refractivity contribution in [2.24, 2.45) is 0 Å². The first kappa shape index (κ1) is 19.9. The highest BCUT2D eigenvalue weighted by Crippen LogP contribution is 2.18. The third-order valence-corrected chi connectivity index (χ3v) is 6.23. The second kappa shape index (κ2) is 8.31. The van der Waals surface area contributed by atoms with Gasteiger partial charge >= 0.3 is 0 Å². The molecule has 0 bridgehead atoms. The van der Waals surface area contributed by atoms with Crippen molar-refractivity contribution in [2.45, 2.75) is 17.9 Å². The van der Waals surface area contributed by atoms with Crippen LogP contribution in [-0.2, 0) is 14.8 Å². The number of hydrogen-bond acceptors (Lipinski definition) is 3. The molecule has 134 valence electrons. The van der Waals surface area contributed by atoms with Gasteiger partial charge in [-0.15, -0.1) is 0 Å². The maximum Gasteiger partial charge on any atom is 0.243 e. The van der Waals surface area contributed by atoms with Crippen LogP contribution in [0, 0.1) is 0 Å². The van der Waals surface area contributed by atoms with Gasteiger partial charge in [0, 0.05) is 16.5 Å². The van der Waals surface area contributed by atoms with E-state index in [1.54, 1.807) is 0 Å². The number of carbonyl (C=O) groups is 1. The molecule has 0 radical (unpaired) electrons. The van der Waals surface area contributed by atoms with E-state index in [0.717, 1.165) is 14.3 Å². The van der Waals surface area contributed by atoms with Crippen molar-refractivity contribution in [2.75, 3.05) is 13.6 Å². The number of likely N-dealkylation sites (N-methyl/N-ethyl adjacent to an activating group) is 1. The fourth-order valence-electron chi connectivity index (χ4n) is 2.20. The van der Waals surface area contributed by atoms with Gasteiger partial charge in [0.15, 0.2) is 0 Å². The average molecular weight is 446 g/mol. The minimum absolute atomic E-state index is 0.0909. The third kappa shape index (κ3) is 5.28. The molecule has 1 unspecified atom stereocenters. The van der Waals surface area contributed by atoms with E-state index in [1.807, 2.05) is 31.2 Å². The number of hydrogen-bond donors (Lipinski definition) is 1. The number of nitrogens with one attached hydrogen (secondary N) is 1. The van der Waals surface area contributed by atoms with Crippen molar-refractivity contribution in [1.82, 2.24) is 9.62 Å². The maximum absolute atomic E-state index is 12.5. The zero-order valence-electron chi connectivity index (χ0n) is 13.7. The summed E-state index contributed by atoms with van der Waals surface area (Å²) >= 11 is 9.13. The lowest BCUT2D eigenvalue weighted by Gasteiger charge is -2.19. The number of rotatable bonds is 6. The Morgan fingerprint density at radius 1 is 1.16 bits per heavy atom. The van der Waals surface area contributed by atoms with E-state index in [0.29, 0.717) is 5.02 Å². The number of benzene rings is 2. The first-order chi connectivity index (χ1) is 11.7. The van der Waals surface area contributed by atoms with Crippen molar-refractivity contribution < 1.29 is 13.2 Å². The molecule has 25 heavy (non-hydrogen) atoms. The molecule has 0 aliphatic heterocycles. The van der Waals surface area contributed by atoms with Crippen LogP contribution in [0.2, 0.25) is 5.02 Å². The van der Waals surface area contributed by atoms with Crippen LogP contribution in [0.25, 0.3) is 0 Å². The maximum atomic E-state index is 12.5. The van der Waals surface area contributed by atoms with Crippen LogP contribution < -0.4 is 5.32 Å². The van der Waals surface area contributed by atoms with E-state index in [4.69, 9.17) is 11.6 Å². The monoisotopic (exact) mass is 444 g/mol. The topological polar surface area (TPSA) is 66.5 Å². The summed E-state index contributed by atoms with van der Waals surface area (Å²) in [6.07, 6.45) is 0. The zero-order chi connectivity index (χ0) is 18.6. The second-order valence-electron chi connectivity index (χ2n) is 5.56. The van der Waals surface area contributed by atoms with Crippen molar-refractivity contribution >= 4 is 43.5 Å². The quantitative estimate of drug-likeness (QED) is 0.739. The van der Waals surface area contributed by atoms with Crippen LogP contribution in [0.5, 0.6) is 0 Å². The summed E-state index contributed by atoms with van der Waals surface area (Å²) in [5, 5.41) is 3.24. The largest absolute Gasteiger partial charge is 0.348 e. The molecule has 8 heteroatoms. The van der Waals surface area contributed by atoms with Crippen LogP contribution in [0.15, 0.2) is 57.9 Å². The van der Waals surface area contributed by atoms with Gasteiger partial charge in [-0.1, -0.05) is 39.7 Å². The van der Waals surface area contributed by atoms with Crippen molar-refractivity contribution in [3.63, 3.8) is 0 Å². The Kier molecular flexibility index (Phi) is 6.62. The predicted molar refractivity (Wildman–Crippen MR) is 102 cm³/mol. The van der Waals surface area contributed by atoms with E-state index in [9.17, 15) is 13.2 Å². The van der Waals surface area contributed by atoms with Gasteiger partial charge in [0.1, 0.15) is 0 Å². The Balaban J connectivity index is 2.01. The number of carbonyl (C=O) groups excluding carboxylic acids is 1. The van der Waals surface area contributed by atoms with Crippen LogP contribution in [0.3, 0.4) is 0 Å². The fraction of sp³-hybridized carbons (Fsp3) is 0.235. The molecule has 0 heterocycles.